The van der Waals surface area contributed by atoms with Crippen LogP contribution in [0.5, 0.6) is 0 Å². The molecule has 1 aliphatic rings. The van der Waals surface area contributed by atoms with E-state index in [2.05, 4.69) is 25.3 Å². The quantitative estimate of drug-likeness (QED) is 0.531. The zero-order valence-corrected chi connectivity index (χ0v) is 15.4. The molecule has 1 fully saturated rings. The van der Waals surface area contributed by atoms with Gasteiger partial charge in [-0.3, -0.25) is 4.98 Å². The van der Waals surface area contributed by atoms with E-state index in [0.29, 0.717) is 30.1 Å². The molecule has 7 nitrogen and oxygen atoms in total. The van der Waals surface area contributed by atoms with Crippen LogP contribution in [0, 0.1) is 0 Å². The zero-order valence-electron chi connectivity index (χ0n) is 15.4. The molecule has 0 spiro atoms. The lowest BCUT2D eigenvalue weighted by Gasteiger charge is -2.33. The molecule has 0 atom stereocenters. The molecule has 0 aromatic carbocycles. The number of imidazole rings is 1. The number of piperidine rings is 1. The maximum absolute atomic E-state index is 13.7. The third kappa shape index (κ3) is 3.51. The van der Waals surface area contributed by atoms with E-state index in [1.54, 1.807) is 40.3 Å². The lowest BCUT2D eigenvalue weighted by molar-refractivity contribution is -0.0118. The summed E-state index contributed by atoms with van der Waals surface area (Å²) in [7, 11) is 0. The monoisotopic (exact) mass is 393 g/mol. The highest BCUT2D eigenvalue weighted by Gasteiger charge is 2.35. The van der Waals surface area contributed by atoms with Crippen LogP contribution in [-0.4, -0.2) is 48.8 Å². The Morgan fingerprint density at radius 3 is 2.62 bits per heavy atom. The van der Waals surface area contributed by atoms with Crippen molar-refractivity contribution in [3.63, 3.8) is 0 Å². The molecule has 1 aliphatic heterocycles. The number of rotatable bonds is 3. The van der Waals surface area contributed by atoms with Gasteiger partial charge < -0.3 is 4.90 Å². The Morgan fingerprint density at radius 2 is 1.86 bits per heavy atom. The summed E-state index contributed by atoms with van der Waals surface area (Å²) < 4.78 is 28.9. The largest absolute Gasteiger partial charge is 0.351 e. The van der Waals surface area contributed by atoms with Gasteiger partial charge in [0.05, 0.1) is 24.1 Å². The van der Waals surface area contributed by atoms with Crippen molar-refractivity contribution in [3.8, 4) is 22.5 Å². The van der Waals surface area contributed by atoms with Crippen molar-refractivity contribution >= 4 is 11.5 Å². The standard InChI is InChI=1S/C20H17F2N7/c21-20(22)6-1-9-28(13-20)18-3-2-15(11-24-18)16-10-19-25-17(12-29(19)27-26-16)14-4-7-23-8-5-14/h2-5,7-8,10-12H,1,6,9,13H2. The molecule has 4 aromatic rings. The van der Waals surface area contributed by atoms with Gasteiger partial charge in [0, 0.05) is 48.7 Å². The van der Waals surface area contributed by atoms with Crippen molar-refractivity contribution in [2.24, 2.45) is 0 Å². The summed E-state index contributed by atoms with van der Waals surface area (Å²) in [5, 5.41) is 8.42. The molecular formula is C20H17F2N7. The number of nitrogens with zero attached hydrogens (tertiary/aromatic N) is 7. The topological polar surface area (TPSA) is 72.1 Å². The molecule has 0 amide bonds. The SMILES string of the molecule is FC1(F)CCCN(c2ccc(-c3cc4nc(-c5ccncc5)cn4nn3)cn2)C1. The van der Waals surface area contributed by atoms with Crippen LogP contribution in [0.3, 0.4) is 0 Å². The molecule has 1 saturated heterocycles. The summed E-state index contributed by atoms with van der Waals surface area (Å²) in [6.45, 7) is 0.288. The molecule has 0 N–H and O–H groups in total. The van der Waals surface area contributed by atoms with Gasteiger partial charge in [0.25, 0.3) is 5.92 Å². The number of anilines is 1. The van der Waals surface area contributed by atoms with Gasteiger partial charge in [-0.15, -0.1) is 5.10 Å². The Kier molecular flexibility index (Phi) is 4.15. The molecule has 4 aromatic heterocycles. The van der Waals surface area contributed by atoms with E-state index in [4.69, 9.17) is 0 Å². The van der Waals surface area contributed by atoms with Crippen molar-refractivity contribution in [1.82, 2.24) is 29.8 Å². The zero-order chi connectivity index (χ0) is 19.8. The first kappa shape index (κ1) is 17.6. The normalized spacial score (nSPS) is 16.3. The molecular weight excluding hydrogens is 376 g/mol. The van der Waals surface area contributed by atoms with E-state index >= 15 is 0 Å². The number of halogens is 2. The average Bonchev–Trinajstić information content (AvgIpc) is 3.17. The van der Waals surface area contributed by atoms with Gasteiger partial charge in [-0.1, -0.05) is 5.21 Å². The second kappa shape index (κ2) is 6.84. The van der Waals surface area contributed by atoms with Crippen molar-refractivity contribution in [3.05, 3.63) is 55.1 Å². The average molecular weight is 393 g/mol. The van der Waals surface area contributed by atoms with Crippen LogP contribution < -0.4 is 4.90 Å². The van der Waals surface area contributed by atoms with Crippen LogP contribution in [0.1, 0.15) is 12.8 Å². The Morgan fingerprint density at radius 1 is 1.00 bits per heavy atom. The summed E-state index contributed by atoms with van der Waals surface area (Å²) in [6.07, 6.45) is 7.25. The molecule has 9 heteroatoms. The molecule has 5 heterocycles. The first-order valence-electron chi connectivity index (χ1n) is 9.30. The van der Waals surface area contributed by atoms with Crippen LogP contribution in [0.25, 0.3) is 28.2 Å². The summed E-state index contributed by atoms with van der Waals surface area (Å²) in [5.41, 5.74) is 3.74. The lowest BCUT2D eigenvalue weighted by Crippen LogP contribution is -2.43. The Bertz CT molecular complexity index is 1140. The summed E-state index contributed by atoms with van der Waals surface area (Å²) in [5.74, 6) is -2.12. The molecule has 0 aliphatic carbocycles. The number of hydrogen-bond acceptors (Lipinski definition) is 6. The van der Waals surface area contributed by atoms with E-state index in [1.165, 1.54) is 0 Å². The third-order valence-electron chi connectivity index (χ3n) is 4.97. The van der Waals surface area contributed by atoms with Crippen LogP contribution in [0.4, 0.5) is 14.6 Å². The Labute approximate surface area is 165 Å². The van der Waals surface area contributed by atoms with E-state index in [9.17, 15) is 8.78 Å². The fourth-order valence-corrected chi connectivity index (χ4v) is 3.49. The lowest BCUT2D eigenvalue weighted by atomic mass is 10.1. The minimum absolute atomic E-state index is 0.0665. The molecule has 0 saturated carbocycles. The summed E-state index contributed by atoms with van der Waals surface area (Å²) >= 11 is 0. The number of pyridine rings is 2. The van der Waals surface area contributed by atoms with Crippen molar-refractivity contribution in [1.29, 1.82) is 0 Å². The molecule has 0 unspecified atom stereocenters. The van der Waals surface area contributed by atoms with Crippen LogP contribution in [0.2, 0.25) is 0 Å². The Balaban J connectivity index is 1.42. The van der Waals surface area contributed by atoms with Gasteiger partial charge in [0.15, 0.2) is 5.65 Å². The highest BCUT2D eigenvalue weighted by Crippen LogP contribution is 2.30. The Hall–Kier alpha value is -3.49. The minimum Gasteiger partial charge on any atom is -0.351 e. The molecule has 5 rings (SSSR count). The maximum Gasteiger partial charge on any atom is 0.265 e. The second-order valence-electron chi connectivity index (χ2n) is 7.07. The van der Waals surface area contributed by atoms with Crippen molar-refractivity contribution in [2.75, 3.05) is 18.0 Å². The first-order valence-corrected chi connectivity index (χ1v) is 9.30. The molecule has 0 bridgehead atoms. The third-order valence-corrected chi connectivity index (χ3v) is 4.97. The van der Waals surface area contributed by atoms with Gasteiger partial charge in [-0.25, -0.2) is 23.3 Å². The minimum atomic E-state index is -2.66. The number of hydrogen-bond donors (Lipinski definition) is 0. The smallest absolute Gasteiger partial charge is 0.265 e. The molecule has 29 heavy (non-hydrogen) atoms. The van der Waals surface area contributed by atoms with Gasteiger partial charge >= 0.3 is 0 Å². The predicted molar refractivity (Wildman–Crippen MR) is 104 cm³/mol. The van der Waals surface area contributed by atoms with Crippen LogP contribution in [-0.2, 0) is 0 Å². The highest BCUT2D eigenvalue weighted by atomic mass is 19.3. The van der Waals surface area contributed by atoms with Crippen LogP contribution in [0.15, 0.2) is 55.1 Å². The number of fused-ring (bicyclic) bond motifs is 1. The fraction of sp³-hybridized carbons (Fsp3) is 0.250. The molecule has 146 valence electrons. The highest BCUT2D eigenvalue weighted by molar-refractivity contribution is 5.66. The van der Waals surface area contributed by atoms with E-state index in [-0.39, 0.29) is 13.0 Å². The van der Waals surface area contributed by atoms with Crippen molar-refractivity contribution < 1.29 is 8.78 Å². The predicted octanol–water partition coefficient (Wildman–Crippen LogP) is 3.48. The molecule has 0 radical (unpaired) electrons. The van der Waals surface area contributed by atoms with E-state index in [1.807, 2.05) is 24.3 Å². The van der Waals surface area contributed by atoms with E-state index in [0.717, 1.165) is 16.8 Å². The van der Waals surface area contributed by atoms with Gasteiger partial charge in [0.2, 0.25) is 0 Å². The van der Waals surface area contributed by atoms with Gasteiger partial charge in [-0.2, -0.15) is 0 Å². The number of alkyl halides is 2. The summed E-state index contributed by atoms with van der Waals surface area (Å²) in [6, 6.07) is 9.15. The van der Waals surface area contributed by atoms with E-state index < -0.39 is 5.92 Å². The van der Waals surface area contributed by atoms with Crippen molar-refractivity contribution in [2.45, 2.75) is 18.8 Å². The fourth-order valence-electron chi connectivity index (χ4n) is 3.49. The van der Waals surface area contributed by atoms with Gasteiger partial charge in [0.1, 0.15) is 5.82 Å². The summed E-state index contributed by atoms with van der Waals surface area (Å²) in [4.78, 5) is 14.6. The van der Waals surface area contributed by atoms with Gasteiger partial charge in [-0.05, 0) is 30.7 Å². The second-order valence-corrected chi connectivity index (χ2v) is 7.07. The van der Waals surface area contributed by atoms with Crippen LogP contribution >= 0.6 is 0 Å². The first-order chi connectivity index (χ1) is 14.1. The maximum atomic E-state index is 13.7. The number of aromatic nitrogens is 6.